The fourth-order valence-corrected chi connectivity index (χ4v) is 0. The van der Waals surface area contributed by atoms with Gasteiger partial charge in [-0.1, -0.05) is 0 Å². The molecule has 0 aliphatic rings. The Bertz CT molecular complexity index is 57.8. The Morgan fingerprint density at radius 2 is 1.14 bits per heavy atom. The zero-order valence-electron chi connectivity index (χ0n) is 2.64. The average Bonchev–Trinajstić information content (AvgIpc) is 0.722. The Morgan fingerprint density at radius 3 is 1.14 bits per heavy atom. The Hall–Kier alpha value is 1.71. The van der Waals surface area contributed by atoms with E-state index in [1.54, 1.807) is 0 Å². The molecule has 3 radical (unpaired) electrons. The molecule has 0 unspecified atom stereocenters. The van der Waals surface area contributed by atoms with E-state index in [1.165, 1.54) is 0 Å². The predicted octanol–water partition coefficient (Wildman–Crippen LogP) is -2.06. The van der Waals surface area contributed by atoms with Crippen LogP contribution in [0.25, 0.3) is 0 Å². The second-order valence-corrected chi connectivity index (χ2v) is 1.54. The third-order valence-corrected chi connectivity index (χ3v) is 0. The van der Waals surface area contributed by atoms with Gasteiger partial charge in [0, 0.05) is 6.15 Å². The molecule has 0 aromatic heterocycles. The van der Waals surface area contributed by atoms with E-state index in [2.05, 4.69) is 0 Å². The molecule has 3 N–H and O–H groups in total. The van der Waals surface area contributed by atoms with Crippen molar-refractivity contribution in [1.29, 1.82) is 0 Å². The summed E-state index contributed by atoms with van der Waals surface area (Å²) in [7, 11) is -4.64. The second kappa shape index (κ2) is 5.84. The Labute approximate surface area is 83.4 Å². The van der Waals surface area contributed by atoms with Crippen molar-refractivity contribution in [2.75, 3.05) is 0 Å². The number of hydrogen-bond acceptors (Lipinski definition) is 1. The molecule has 0 rings (SSSR count). The summed E-state index contributed by atoms with van der Waals surface area (Å²) in [5.41, 5.74) is 0. The van der Waals surface area contributed by atoms with Crippen LogP contribution in [-0.2, 0) is 4.57 Å². The molecule has 0 saturated carbocycles. The Morgan fingerprint density at radius 1 is 1.14 bits per heavy atom. The molecular formula is H4KNO4P. The Kier molecular flexibility index (Phi) is 13.2. The van der Waals surface area contributed by atoms with Crippen LogP contribution in [0.2, 0.25) is 0 Å². The molecule has 0 amide bonds. The zero-order valence-corrected chi connectivity index (χ0v) is 3.54. The van der Waals surface area contributed by atoms with Crippen molar-refractivity contribution in [1.82, 2.24) is 6.15 Å². The van der Waals surface area contributed by atoms with Crippen molar-refractivity contribution >= 4 is 59.2 Å². The van der Waals surface area contributed by atoms with Crippen molar-refractivity contribution < 1.29 is 19.2 Å². The molecule has 0 saturated heterocycles. The van der Waals surface area contributed by atoms with E-state index in [0.717, 1.165) is 0 Å². The topological polar surface area (TPSA) is 108 Å². The summed E-state index contributed by atoms with van der Waals surface area (Å²) in [6.45, 7) is 0. The summed E-state index contributed by atoms with van der Waals surface area (Å²) >= 11 is 0. The summed E-state index contributed by atoms with van der Waals surface area (Å²) in [6.07, 6.45) is 0. The quantitative estimate of drug-likeness (QED) is 0.274. The molecule has 0 heterocycles. The maximum Gasteiger partial charge on any atom is 0 e. The van der Waals surface area contributed by atoms with Crippen molar-refractivity contribution in [3.8, 4) is 0 Å². The van der Waals surface area contributed by atoms with Crippen LogP contribution >= 0.6 is 7.82 Å². The van der Waals surface area contributed by atoms with Gasteiger partial charge < -0.3 is 14.7 Å². The minimum Gasteiger partial charge on any atom is 0 e. The van der Waals surface area contributed by atoms with E-state index in [-0.39, 0.29) is 57.5 Å². The second-order valence-electron chi connectivity index (χ2n) is 0.513. The third-order valence-electron chi connectivity index (χ3n) is 0. The summed E-state index contributed by atoms with van der Waals surface area (Å²) in [6, 6.07) is 0. The Balaban J connectivity index is -0.0000000800. The number of nitrogens with zero attached hydrogens (tertiary/aromatic N) is 1. The molecule has 0 aliphatic carbocycles. The summed E-state index contributed by atoms with van der Waals surface area (Å²) < 4.78 is 8.88. The van der Waals surface area contributed by atoms with Crippen LogP contribution in [0.3, 0.4) is 0 Å². The van der Waals surface area contributed by atoms with E-state index < -0.39 is 7.82 Å². The molecule has 7 heavy (non-hydrogen) atoms. The van der Waals surface area contributed by atoms with E-state index in [4.69, 9.17) is 19.2 Å². The first-order valence-electron chi connectivity index (χ1n) is 0.783. The van der Waals surface area contributed by atoms with Crippen LogP contribution in [0.4, 0.5) is 0 Å². The number of hydrogen-bond donors (Lipinski definition) is 3. The molecule has 7 heteroatoms. The van der Waals surface area contributed by atoms with E-state index in [0.29, 0.717) is 0 Å². The largest absolute Gasteiger partial charge is 0 e. The minimum absolute atomic E-state index is 0. The van der Waals surface area contributed by atoms with Gasteiger partial charge in [0.05, 0.1) is 0 Å². The molecule has 0 atom stereocenters. The predicted molar refractivity (Wildman–Crippen MR) is 23.5 cm³/mol. The first-order chi connectivity index (χ1) is 2.00. The molecule has 39 valence electrons. The van der Waals surface area contributed by atoms with Gasteiger partial charge in [0.2, 0.25) is 0 Å². The molecule has 0 fully saturated rings. The molecule has 0 aromatic carbocycles. The molecule has 0 aliphatic heterocycles. The SMILES string of the molecule is O=P(O)(O)O.[KH].[N]. The van der Waals surface area contributed by atoms with Gasteiger partial charge in [0.25, 0.3) is 0 Å². The van der Waals surface area contributed by atoms with E-state index in [9.17, 15) is 0 Å². The van der Waals surface area contributed by atoms with Gasteiger partial charge in [0.15, 0.2) is 0 Å². The van der Waals surface area contributed by atoms with Crippen molar-refractivity contribution in [2.45, 2.75) is 0 Å². The van der Waals surface area contributed by atoms with Crippen LogP contribution in [0.15, 0.2) is 0 Å². The summed E-state index contributed by atoms with van der Waals surface area (Å²) in [4.78, 5) is 21.6. The van der Waals surface area contributed by atoms with Gasteiger partial charge >= 0.3 is 59.2 Å². The van der Waals surface area contributed by atoms with Gasteiger partial charge in [-0.05, 0) is 0 Å². The van der Waals surface area contributed by atoms with Crippen molar-refractivity contribution in [3.05, 3.63) is 0 Å². The maximum atomic E-state index is 8.88. The first-order valence-corrected chi connectivity index (χ1v) is 2.35. The maximum absolute atomic E-state index is 8.88. The van der Waals surface area contributed by atoms with Crippen LogP contribution < -0.4 is 6.15 Å². The molecule has 0 bridgehead atoms. The minimum atomic E-state index is -4.64. The van der Waals surface area contributed by atoms with Crippen molar-refractivity contribution in [2.24, 2.45) is 0 Å². The summed E-state index contributed by atoms with van der Waals surface area (Å²) in [5, 5.41) is 0. The van der Waals surface area contributed by atoms with E-state index in [1.807, 2.05) is 0 Å². The van der Waals surface area contributed by atoms with Gasteiger partial charge in [-0.15, -0.1) is 0 Å². The van der Waals surface area contributed by atoms with E-state index >= 15 is 0 Å². The van der Waals surface area contributed by atoms with Gasteiger partial charge in [-0.3, -0.25) is 0 Å². The van der Waals surface area contributed by atoms with Gasteiger partial charge in [-0.2, -0.15) is 0 Å². The average molecular weight is 152 g/mol. The standard InChI is InChI=1S/K.N.H3O4P.H/c;;1-5(2,3)4;/h;;(H3,1,2,3,4);. The first kappa shape index (κ1) is 15.9. The fourth-order valence-electron chi connectivity index (χ4n) is 0. The summed E-state index contributed by atoms with van der Waals surface area (Å²) in [5.74, 6) is 0. The molecule has 5 nitrogen and oxygen atoms in total. The van der Waals surface area contributed by atoms with Crippen LogP contribution in [-0.4, -0.2) is 66.1 Å². The molecule has 0 spiro atoms. The van der Waals surface area contributed by atoms with Crippen LogP contribution in [0.5, 0.6) is 0 Å². The molecular weight excluding hydrogens is 148 g/mol. The number of phosphoric acid groups is 1. The fraction of sp³-hybridized carbons (Fsp3) is 0. The van der Waals surface area contributed by atoms with Gasteiger partial charge in [-0.25, -0.2) is 4.57 Å². The van der Waals surface area contributed by atoms with Crippen LogP contribution in [0.1, 0.15) is 0 Å². The number of rotatable bonds is 0. The zero-order chi connectivity index (χ0) is 4.50. The van der Waals surface area contributed by atoms with Crippen LogP contribution in [0, 0.1) is 0 Å². The third kappa shape index (κ3) is 86.2. The van der Waals surface area contributed by atoms with Crippen molar-refractivity contribution in [3.63, 3.8) is 0 Å². The molecule has 0 aromatic rings. The smallest absolute Gasteiger partial charge is 0 e. The van der Waals surface area contributed by atoms with Gasteiger partial charge in [0.1, 0.15) is 0 Å². The monoisotopic (exact) mass is 152 g/mol. The normalized spacial score (nSPS) is 8.43.